The summed E-state index contributed by atoms with van der Waals surface area (Å²) in [5.41, 5.74) is 1.27. The van der Waals surface area contributed by atoms with E-state index in [1.807, 2.05) is 0 Å². The Kier molecular flexibility index (Phi) is 2.41. The molecule has 0 aromatic heterocycles. The topological polar surface area (TPSA) is 24.6 Å². The fourth-order valence-corrected chi connectivity index (χ4v) is 0.963. The van der Waals surface area contributed by atoms with Crippen molar-refractivity contribution in [2.24, 2.45) is 0 Å². The lowest BCUT2D eigenvalue weighted by atomic mass is 10.1. The Hall–Kier alpha value is -1.40. The van der Waals surface area contributed by atoms with Gasteiger partial charge in [-0.25, -0.2) is 9.24 Å². The van der Waals surface area contributed by atoms with Crippen LogP contribution in [0.25, 0.3) is 4.85 Å². The standard InChI is InChI=1S/C9H8FNO/c1-6-3-9(11-2)8(10)4-7(6)5-12/h3-4,12H,5H2,1H3. The number of aliphatic hydroxyl groups excluding tert-OH is 1. The highest BCUT2D eigenvalue weighted by molar-refractivity contribution is 5.50. The molecule has 1 aromatic carbocycles. The van der Waals surface area contributed by atoms with Crippen molar-refractivity contribution in [3.8, 4) is 0 Å². The molecule has 0 aliphatic heterocycles. The van der Waals surface area contributed by atoms with Gasteiger partial charge in [-0.15, -0.1) is 0 Å². The summed E-state index contributed by atoms with van der Waals surface area (Å²) < 4.78 is 12.9. The summed E-state index contributed by atoms with van der Waals surface area (Å²) in [6.45, 7) is 8.17. The largest absolute Gasteiger partial charge is 0.392 e. The average Bonchev–Trinajstić information content (AvgIpc) is 2.08. The van der Waals surface area contributed by atoms with Crippen LogP contribution in [0.3, 0.4) is 0 Å². The van der Waals surface area contributed by atoms with Crippen LogP contribution in [0.1, 0.15) is 11.1 Å². The number of aliphatic hydroxyl groups is 1. The van der Waals surface area contributed by atoms with Gasteiger partial charge in [0.25, 0.3) is 0 Å². The zero-order valence-corrected chi connectivity index (χ0v) is 6.63. The highest BCUT2D eigenvalue weighted by Gasteiger charge is 2.05. The third kappa shape index (κ3) is 1.44. The molecule has 0 saturated carbocycles. The molecule has 0 bridgehead atoms. The molecule has 0 fully saturated rings. The molecule has 3 heteroatoms. The van der Waals surface area contributed by atoms with Gasteiger partial charge in [-0.1, -0.05) is 11.6 Å². The van der Waals surface area contributed by atoms with Crippen molar-refractivity contribution in [2.75, 3.05) is 0 Å². The number of benzene rings is 1. The van der Waals surface area contributed by atoms with E-state index in [-0.39, 0.29) is 12.3 Å². The monoisotopic (exact) mass is 165 g/mol. The maximum absolute atomic E-state index is 12.9. The van der Waals surface area contributed by atoms with Crippen LogP contribution < -0.4 is 0 Å². The SMILES string of the molecule is [C-]#[N+]c1cc(C)c(CO)cc1F. The minimum absolute atomic E-state index is 0.00435. The first-order valence-electron chi connectivity index (χ1n) is 3.46. The molecule has 0 amide bonds. The Labute approximate surface area is 70.1 Å². The second-order valence-electron chi connectivity index (χ2n) is 2.50. The molecule has 0 heterocycles. The molecular weight excluding hydrogens is 157 g/mol. The smallest absolute Gasteiger partial charge is 0.222 e. The molecule has 0 aliphatic carbocycles. The maximum Gasteiger partial charge on any atom is 0.222 e. The van der Waals surface area contributed by atoms with Crippen molar-refractivity contribution >= 4 is 5.69 Å². The molecule has 0 radical (unpaired) electrons. The van der Waals surface area contributed by atoms with Crippen LogP contribution in [0.15, 0.2) is 12.1 Å². The number of hydrogen-bond donors (Lipinski definition) is 1. The lowest BCUT2D eigenvalue weighted by Gasteiger charge is -2.02. The molecule has 1 N–H and O–H groups in total. The Bertz CT molecular complexity index is 340. The summed E-state index contributed by atoms with van der Waals surface area (Å²) in [7, 11) is 0. The van der Waals surface area contributed by atoms with E-state index < -0.39 is 5.82 Å². The van der Waals surface area contributed by atoms with Crippen LogP contribution in [0.5, 0.6) is 0 Å². The second kappa shape index (κ2) is 3.33. The van der Waals surface area contributed by atoms with Crippen molar-refractivity contribution < 1.29 is 9.50 Å². The summed E-state index contributed by atoms with van der Waals surface area (Å²) in [6, 6.07) is 2.64. The van der Waals surface area contributed by atoms with Crippen molar-refractivity contribution in [3.05, 3.63) is 40.5 Å². The highest BCUT2D eigenvalue weighted by Crippen LogP contribution is 2.22. The molecule has 62 valence electrons. The van der Waals surface area contributed by atoms with E-state index in [9.17, 15) is 4.39 Å². The van der Waals surface area contributed by atoms with E-state index in [0.29, 0.717) is 5.56 Å². The Morgan fingerprint density at radius 2 is 2.25 bits per heavy atom. The molecule has 2 nitrogen and oxygen atoms in total. The van der Waals surface area contributed by atoms with Crippen molar-refractivity contribution in [3.63, 3.8) is 0 Å². The van der Waals surface area contributed by atoms with Crippen LogP contribution in [0.2, 0.25) is 0 Å². The predicted molar refractivity (Wildman–Crippen MR) is 43.3 cm³/mol. The molecule has 12 heavy (non-hydrogen) atoms. The highest BCUT2D eigenvalue weighted by atomic mass is 19.1. The van der Waals surface area contributed by atoms with Crippen molar-refractivity contribution in [1.29, 1.82) is 0 Å². The fraction of sp³-hybridized carbons (Fsp3) is 0.222. The third-order valence-corrected chi connectivity index (χ3v) is 1.70. The van der Waals surface area contributed by atoms with Gasteiger partial charge in [0, 0.05) is 0 Å². The van der Waals surface area contributed by atoms with Gasteiger partial charge in [0.2, 0.25) is 5.69 Å². The Balaban J connectivity index is 3.28. The van der Waals surface area contributed by atoms with Gasteiger partial charge in [-0.2, -0.15) is 0 Å². The lowest BCUT2D eigenvalue weighted by Crippen LogP contribution is -1.89. The molecular formula is C9H8FNO. The molecule has 1 aromatic rings. The summed E-state index contributed by atoms with van der Waals surface area (Å²) >= 11 is 0. The normalized spacial score (nSPS) is 9.50. The van der Waals surface area contributed by atoms with Gasteiger partial charge in [0.1, 0.15) is 5.82 Å². The first-order valence-corrected chi connectivity index (χ1v) is 3.46. The van der Waals surface area contributed by atoms with Crippen molar-refractivity contribution in [2.45, 2.75) is 13.5 Å². The first-order chi connectivity index (χ1) is 5.69. The van der Waals surface area contributed by atoms with Gasteiger partial charge in [-0.3, -0.25) is 0 Å². The molecule has 0 atom stereocenters. The number of halogens is 1. The number of rotatable bonds is 1. The Morgan fingerprint density at radius 3 is 2.75 bits per heavy atom. The maximum atomic E-state index is 12.9. The zero-order valence-electron chi connectivity index (χ0n) is 6.63. The number of hydrogen-bond acceptors (Lipinski definition) is 1. The van der Waals surface area contributed by atoms with Gasteiger partial charge in [0.05, 0.1) is 13.2 Å². The van der Waals surface area contributed by atoms with Crippen LogP contribution in [-0.2, 0) is 6.61 Å². The van der Waals surface area contributed by atoms with Gasteiger partial charge in [-0.05, 0) is 18.6 Å². The summed E-state index contributed by atoms with van der Waals surface area (Å²) in [5.74, 6) is -0.570. The van der Waals surface area contributed by atoms with E-state index in [2.05, 4.69) is 4.85 Å². The second-order valence-corrected chi connectivity index (χ2v) is 2.50. The molecule has 0 unspecified atom stereocenters. The van der Waals surface area contributed by atoms with E-state index >= 15 is 0 Å². The van der Waals surface area contributed by atoms with Crippen LogP contribution in [0, 0.1) is 19.3 Å². The van der Waals surface area contributed by atoms with E-state index in [1.54, 1.807) is 6.92 Å². The van der Waals surface area contributed by atoms with Crippen LogP contribution in [0.4, 0.5) is 10.1 Å². The first kappa shape index (κ1) is 8.69. The zero-order chi connectivity index (χ0) is 9.14. The Morgan fingerprint density at radius 1 is 1.58 bits per heavy atom. The fourth-order valence-electron chi connectivity index (χ4n) is 0.963. The van der Waals surface area contributed by atoms with Crippen LogP contribution in [-0.4, -0.2) is 5.11 Å². The van der Waals surface area contributed by atoms with E-state index in [0.717, 1.165) is 5.56 Å². The van der Waals surface area contributed by atoms with Crippen LogP contribution >= 0.6 is 0 Å². The lowest BCUT2D eigenvalue weighted by molar-refractivity contribution is 0.280. The molecule has 0 aliphatic rings. The quantitative estimate of drug-likeness (QED) is 0.634. The number of nitrogens with zero attached hydrogens (tertiary/aromatic N) is 1. The molecule has 0 spiro atoms. The van der Waals surface area contributed by atoms with E-state index in [4.69, 9.17) is 11.7 Å². The van der Waals surface area contributed by atoms with Gasteiger partial charge >= 0.3 is 0 Å². The van der Waals surface area contributed by atoms with Gasteiger partial charge in [0.15, 0.2) is 0 Å². The van der Waals surface area contributed by atoms with Gasteiger partial charge < -0.3 is 5.11 Å². The van der Waals surface area contributed by atoms with Crippen molar-refractivity contribution in [1.82, 2.24) is 0 Å². The summed E-state index contributed by atoms with van der Waals surface area (Å²) in [5, 5.41) is 8.76. The average molecular weight is 165 g/mol. The minimum Gasteiger partial charge on any atom is -0.392 e. The summed E-state index contributed by atoms with van der Waals surface area (Å²) in [4.78, 5) is 3.00. The molecule has 1 rings (SSSR count). The summed E-state index contributed by atoms with van der Waals surface area (Å²) in [6.07, 6.45) is 0. The molecule has 0 saturated heterocycles. The van der Waals surface area contributed by atoms with E-state index in [1.165, 1.54) is 12.1 Å². The minimum atomic E-state index is -0.570. The number of aryl methyl sites for hydroxylation is 1. The third-order valence-electron chi connectivity index (χ3n) is 1.70. The predicted octanol–water partition coefficient (Wildman–Crippen LogP) is 2.18.